The van der Waals surface area contributed by atoms with Crippen LogP contribution in [0.5, 0.6) is 5.75 Å². The molecule has 0 aliphatic carbocycles. The lowest BCUT2D eigenvalue weighted by Crippen LogP contribution is -2.41. The van der Waals surface area contributed by atoms with Crippen LogP contribution in [-0.2, 0) is 4.79 Å². The highest BCUT2D eigenvalue weighted by Gasteiger charge is 2.17. The van der Waals surface area contributed by atoms with Crippen LogP contribution in [0, 0.1) is 0 Å². The van der Waals surface area contributed by atoms with Gasteiger partial charge in [-0.2, -0.15) is 0 Å². The minimum atomic E-state index is -0.239. The molecule has 0 heterocycles. The molecule has 0 aliphatic rings. The molecule has 1 unspecified atom stereocenters. The van der Waals surface area contributed by atoms with E-state index in [0.717, 1.165) is 24.5 Å². The monoisotopic (exact) mass is 264 g/mol. The van der Waals surface area contributed by atoms with E-state index in [9.17, 15) is 4.79 Å². The number of rotatable bonds is 7. The molecule has 1 amide bonds. The van der Waals surface area contributed by atoms with E-state index in [-0.39, 0.29) is 11.9 Å². The smallest absolute Gasteiger partial charge is 0.244 e. The van der Waals surface area contributed by atoms with Crippen molar-refractivity contribution < 1.29 is 9.53 Å². The lowest BCUT2D eigenvalue weighted by molar-refractivity contribution is -0.131. The van der Waals surface area contributed by atoms with E-state index < -0.39 is 0 Å². The standard InChI is InChI=1S/C15H24N2O2/c1-5-17(6-2)15(18)12(4)16-13-9-8-10-14(11-13)19-7-3/h8-12,16H,5-7H2,1-4H3. The van der Waals surface area contributed by atoms with Crippen LogP contribution >= 0.6 is 0 Å². The number of benzene rings is 1. The minimum absolute atomic E-state index is 0.117. The van der Waals surface area contributed by atoms with E-state index in [4.69, 9.17) is 4.74 Å². The lowest BCUT2D eigenvalue weighted by atomic mass is 10.2. The fraction of sp³-hybridized carbons (Fsp3) is 0.533. The molecule has 0 aliphatic heterocycles. The highest BCUT2D eigenvalue weighted by molar-refractivity contribution is 5.84. The summed E-state index contributed by atoms with van der Waals surface area (Å²) in [4.78, 5) is 14.0. The molecule has 1 aromatic carbocycles. The number of hydrogen-bond donors (Lipinski definition) is 1. The third kappa shape index (κ3) is 4.47. The van der Waals surface area contributed by atoms with Crippen molar-refractivity contribution in [3.8, 4) is 5.75 Å². The van der Waals surface area contributed by atoms with Crippen LogP contribution in [0.15, 0.2) is 24.3 Å². The summed E-state index contributed by atoms with van der Waals surface area (Å²) in [5, 5.41) is 3.22. The number of carbonyl (C=O) groups is 1. The van der Waals surface area contributed by atoms with Gasteiger partial charge in [-0.05, 0) is 39.8 Å². The van der Waals surface area contributed by atoms with Crippen molar-refractivity contribution in [3.05, 3.63) is 24.3 Å². The number of carbonyl (C=O) groups excluding carboxylic acids is 1. The van der Waals surface area contributed by atoms with Gasteiger partial charge in [0.2, 0.25) is 5.91 Å². The molecule has 0 saturated heterocycles. The summed E-state index contributed by atoms with van der Waals surface area (Å²) in [5.74, 6) is 0.932. The molecule has 0 fully saturated rings. The van der Waals surface area contributed by atoms with Gasteiger partial charge in [0.05, 0.1) is 6.61 Å². The molecule has 0 aromatic heterocycles. The fourth-order valence-corrected chi connectivity index (χ4v) is 1.96. The number of nitrogens with one attached hydrogen (secondary N) is 1. The molecule has 106 valence electrons. The van der Waals surface area contributed by atoms with Crippen molar-refractivity contribution in [1.82, 2.24) is 4.90 Å². The summed E-state index contributed by atoms with van der Waals surface area (Å²) in [5.41, 5.74) is 0.902. The second kappa shape index (κ2) is 7.67. The first-order valence-electron chi connectivity index (χ1n) is 6.90. The molecule has 1 atom stereocenters. The molecule has 1 rings (SSSR count). The average molecular weight is 264 g/mol. The summed E-state index contributed by atoms with van der Waals surface area (Å²) >= 11 is 0. The highest BCUT2D eigenvalue weighted by atomic mass is 16.5. The van der Waals surface area contributed by atoms with Gasteiger partial charge in [0.1, 0.15) is 11.8 Å². The quantitative estimate of drug-likeness (QED) is 0.823. The number of nitrogens with zero attached hydrogens (tertiary/aromatic N) is 1. The Morgan fingerprint density at radius 2 is 2.00 bits per heavy atom. The van der Waals surface area contributed by atoms with E-state index in [1.165, 1.54) is 0 Å². The van der Waals surface area contributed by atoms with Crippen molar-refractivity contribution in [2.24, 2.45) is 0 Å². The van der Waals surface area contributed by atoms with Gasteiger partial charge >= 0.3 is 0 Å². The number of anilines is 1. The predicted octanol–water partition coefficient (Wildman–Crippen LogP) is 2.75. The van der Waals surface area contributed by atoms with Crippen molar-refractivity contribution in [2.45, 2.75) is 33.7 Å². The van der Waals surface area contributed by atoms with Gasteiger partial charge in [-0.3, -0.25) is 4.79 Å². The zero-order chi connectivity index (χ0) is 14.3. The van der Waals surface area contributed by atoms with Gasteiger partial charge in [-0.15, -0.1) is 0 Å². The molecular formula is C15H24N2O2. The van der Waals surface area contributed by atoms with Gasteiger partial charge < -0.3 is 15.0 Å². The largest absolute Gasteiger partial charge is 0.494 e. The van der Waals surface area contributed by atoms with Crippen molar-refractivity contribution in [3.63, 3.8) is 0 Å². The Bertz CT molecular complexity index is 403. The van der Waals surface area contributed by atoms with Crippen molar-refractivity contribution in [2.75, 3.05) is 25.0 Å². The van der Waals surface area contributed by atoms with Gasteiger partial charge in [-0.1, -0.05) is 6.07 Å². The first-order chi connectivity index (χ1) is 9.12. The number of likely N-dealkylation sites (N-methyl/N-ethyl adjacent to an activating group) is 1. The van der Waals surface area contributed by atoms with Crippen LogP contribution in [0.25, 0.3) is 0 Å². The highest BCUT2D eigenvalue weighted by Crippen LogP contribution is 2.18. The second-order valence-electron chi connectivity index (χ2n) is 4.34. The average Bonchev–Trinajstić information content (AvgIpc) is 2.40. The number of amides is 1. The summed E-state index contributed by atoms with van der Waals surface area (Å²) in [6, 6.07) is 7.44. The van der Waals surface area contributed by atoms with Gasteiger partial charge in [-0.25, -0.2) is 0 Å². The van der Waals surface area contributed by atoms with Gasteiger partial charge in [0.15, 0.2) is 0 Å². The molecule has 0 spiro atoms. The Labute approximate surface area is 115 Å². The summed E-state index contributed by atoms with van der Waals surface area (Å²) in [7, 11) is 0. The first kappa shape index (κ1) is 15.3. The van der Waals surface area contributed by atoms with E-state index in [1.54, 1.807) is 0 Å². The predicted molar refractivity (Wildman–Crippen MR) is 78.6 cm³/mol. The fourth-order valence-electron chi connectivity index (χ4n) is 1.96. The molecule has 0 saturated carbocycles. The second-order valence-corrected chi connectivity index (χ2v) is 4.34. The van der Waals surface area contributed by atoms with E-state index in [1.807, 2.05) is 56.9 Å². The van der Waals surface area contributed by atoms with Gasteiger partial charge in [0, 0.05) is 24.8 Å². The molecular weight excluding hydrogens is 240 g/mol. The Morgan fingerprint density at radius 1 is 1.32 bits per heavy atom. The Morgan fingerprint density at radius 3 is 2.58 bits per heavy atom. The summed E-state index contributed by atoms with van der Waals surface area (Å²) in [6.45, 7) is 9.92. The van der Waals surface area contributed by atoms with Crippen LogP contribution < -0.4 is 10.1 Å². The summed E-state index contributed by atoms with van der Waals surface area (Å²) in [6.07, 6.45) is 0. The molecule has 4 nitrogen and oxygen atoms in total. The van der Waals surface area contributed by atoms with Crippen molar-refractivity contribution in [1.29, 1.82) is 0 Å². The molecule has 1 N–H and O–H groups in total. The summed E-state index contributed by atoms with van der Waals surface area (Å²) < 4.78 is 5.44. The Kier molecular flexibility index (Phi) is 6.19. The minimum Gasteiger partial charge on any atom is -0.494 e. The Hall–Kier alpha value is -1.71. The lowest BCUT2D eigenvalue weighted by Gasteiger charge is -2.24. The molecule has 0 radical (unpaired) electrons. The van der Waals surface area contributed by atoms with E-state index in [0.29, 0.717) is 6.61 Å². The topological polar surface area (TPSA) is 41.6 Å². The number of hydrogen-bond acceptors (Lipinski definition) is 3. The molecule has 1 aromatic rings. The maximum Gasteiger partial charge on any atom is 0.244 e. The zero-order valence-electron chi connectivity index (χ0n) is 12.3. The first-order valence-corrected chi connectivity index (χ1v) is 6.90. The maximum atomic E-state index is 12.2. The van der Waals surface area contributed by atoms with Crippen LogP contribution in [-0.4, -0.2) is 36.5 Å². The molecule has 4 heteroatoms. The zero-order valence-corrected chi connectivity index (χ0v) is 12.3. The Balaban J connectivity index is 2.68. The molecule has 0 bridgehead atoms. The van der Waals surface area contributed by atoms with Crippen LogP contribution in [0.2, 0.25) is 0 Å². The van der Waals surface area contributed by atoms with Crippen LogP contribution in [0.3, 0.4) is 0 Å². The van der Waals surface area contributed by atoms with Crippen LogP contribution in [0.4, 0.5) is 5.69 Å². The van der Waals surface area contributed by atoms with Crippen LogP contribution in [0.1, 0.15) is 27.7 Å². The third-order valence-electron chi connectivity index (χ3n) is 2.97. The normalized spacial score (nSPS) is 11.8. The van der Waals surface area contributed by atoms with Gasteiger partial charge in [0.25, 0.3) is 0 Å². The van der Waals surface area contributed by atoms with Crippen molar-refractivity contribution >= 4 is 11.6 Å². The number of ether oxygens (including phenoxy) is 1. The SMILES string of the molecule is CCOc1cccc(NC(C)C(=O)N(CC)CC)c1. The maximum absolute atomic E-state index is 12.2. The molecule has 19 heavy (non-hydrogen) atoms. The van der Waals surface area contributed by atoms with E-state index in [2.05, 4.69) is 5.32 Å². The van der Waals surface area contributed by atoms with E-state index >= 15 is 0 Å². The third-order valence-corrected chi connectivity index (χ3v) is 2.97.